The summed E-state index contributed by atoms with van der Waals surface area (Å²) in [6.07, 6.45) is 1.21. The fourth-order valence-electron chi connectivity index (χ4n) is 2.31. The number of para-hydroxylation sites is 2. The lowest BCUT2D eigenvalue weighted by atomic mass is 10.2. The Morgan fingerprint density at radius 3 is 2.89 bits per heavy atom. The van der Waals surface area contributed by atoms with Crippen LogP contribution in [0.4, 0.5) is 11.4 Å². The molecule has 0 radical (unpaired) electrons. The second-order valence-corrected chi connectivity index (χ2v) is 4.89. The Labute approximate surface area is 113 Å². The van der Waals surface area contributed by atoms with Gasteiger partial charge in [-0.3, -0.25) is 9.69 Å². The molecule has 0 spiro atoms. The molecule has 1 aromatic rings. The molecular weight excluding hydrogens is 242 g/mol. The number of methoxy groups -OCH3 is 1. The van der Waals surface area contributed by atoms with Crippen molar-refractivity contribution in [2.24, 2.45) is 0 Å². The highest BCUT2D eigenvalue weighted by Gasteiger charge is 2.29. The Hall–Kier alpha value is -1.59. The van der Waals surface area contributed by atoms with Gasteiger partial charge in [0.1, 0.15) is 0 Å². The smallest absolute Gasteiger partial charge is 0.241 e. The quantitative estimate of drug-likeness (QED) is 0.804. The van der Waals surface area contributed by atoms with Crippen LogP contribution in [0, 0.1) is 0 Å². The molecule has 0 aliphatic carbocycles. The van der Waals surface area contributed by atoms with Gasteiger partial charge in [-0.25, -0.2) is 0 Å². The number of nitrogen functional groups attached to an aromatic ring is 1. The van der Waals surface area contributed by atoms with E-state index >= 15 is 0 Å². The first-order valence-corrected chi connectivity index (χ1v) is 6.54. The van der Waals surface area contributed by atoms with Crippen LogP contribution < -0.4 is 11.1 Å². The number of ether oxygens (including phenoxy) is 1. The summed E-state index contributed by atoms with van der Waals surface area (Å²) in [5, 5.41) is 2.87. The summed E-state index contributed by atoms with van der Waals surface area (Å²) in [5.74, 6) is -0.0327. The van der Waals surface area contributed by atoms with Crippen LogP contribution in [0.3, 0.4) is 0 Å². The third-order valence-corrected chi connectivity index (χ3v) is 3.66. The molecule has 3 N–H and O–H groups in total. The fraction of sp³-hybridized carbons (Fsp3) is 0.500. The van der Waals surface area contributed by atoms with Gasteiger partial charge < -0.3 is 15.8 Å². The molecule has 1 aliphatic rings. The monoisotopic (exact) mass is 263 g/mol. The first-order chi connectivity index (χ1) is 9.11. The summed E-state index contributed by atoms with van der Waals surface area (Å²) in [7, 11) is 1.71. The predicted molar refractivity (Wildman–Crippen MR) is 75.9 cm³/mol. The number of hydrogen-bond acceptors (Lipinski definition) is 4. The molecule has 1 heterocycles. The molecule has 104 valence electrons. The van der Waals surface area contributed by atoms with Crippen molar-refractivity contribution < 1.29 is 9.53 Å². The number of hydrogen-bond donors (Lipinski definition) is 2. The SMILES string of the molecule is COC1CCN(C(C)C(=O)Nc2ccccc2N)C1. The van der Waals surface area contributed by atoms with E-state index in [2.05, 4.69) is 10.2 Å². The van der Waals surface area contributed by atoms with E-state index in [1.54, 1.807) is 13.2 Å². The fourth-order valence-corrected chi connectivity index (χ4v) is 2.31. The summed E-state index contributed by atoms with van der Waals surface area (Å²) in [6.45, 7) is 3.60. The van der Waals surface area contributed by atoms with Gasteiger partial charge in [-0.05, 0) is 25.5 Å². The Bertz CT molecular complexity index is 450. The van der Waals surface area contributed by atoms with Crippen LogP contribution in [-0.4, -0.2) is 43.2 Å². The van der Waals surface area contributed by atoms with Gasteiger partial charge >= 0.3 is 0 Å². The zero-order chi connectivity index (χ0) is 13.8. The van der Waals surface area contributed by atoms with Crippen LogP contribution in [0.5, 0.6) is 0 Å². The third kappa shape index (κ3) is 3.24. The molecule has 1 aromatic carbocycles. The summed E-state index contributed by atoms with van der Waals surface area (Å²) in [6, 6.07) is 7.10. The Morgan fingerprint density at radius 2 is 2.26 bits per heavy atom. The molecule has 0 aromatic heterocycles. The van der Waals surface area contributed by atoms with E-state index in [0.717, 1.165) is 19.5 Å². The first-order valence-electron chi connectivity index (χ1n) is 6.54. The van der Waals surface area contributed by atoms with Crippen molar-refractivity contribution in [1.29, 1.82) is 0 Å². The van der Waals surface area contributed by atoms with E-state index in [-0.39, 0.29) is 18.1 Å². The third-order valence-electron chi connectivity index (χ3n) is 3.66. The molecule has 1 fully saturated rings. The van der Waals surface area contributed by atoms with E-state index in [9.17, 15) is 4.79 Å². The minimum Gasteiger partial charge on any atom is -0.397 e. The van der Waals surface area contributed by atoms with Gasteiger partial charge in [0.15, 0.2) is 0 Å². The van der Waals surface area contributed by atoms with E-state index in [1.807, 2.05) is 25.1 Å². The first kappa shape index (κ1) is 13.8. The van der Waals surface area contributed by atoms with E-state index in [4.69, 9.17) is 10.5 Å². The lowest BCUT2D eigenvalue weighted by molar-refractivity contribution is -0.120. The van der Waals surface area contributed by atoms with Gasteiger partial charge in [0.05, 0.1) is 23.5 Å². The number of anilines is 2. The van der Waals surface area contributed by atoms with Crippen molar-refractivity contribution in [1.82, 2.24) is 4.90 Å². The molecule has 2 rings (SSSR count). The molecule has 1 aliphatic heterocycles. The molecule has 19 heavy (non-hydrogen) atoms. The molecule has 5 nitrogen and oxygen atoms in total. The molecule has 2 unspecified atom stereocenters. The molecule has 0 bridgehead atoms. The molecule has 2 atom stereocenters. The molecule has 0 saturated carbocycles. The number of nitrogens with one attached hydrogen (secondary N) is 1. The number of nitrogens with two attached hydrogens (primary N) is 1. The van der Waals surface area contributed by atoms with E-state index < -0.39 is 0 Å². The summed E-state index contributed by atoms with van der Waals surface area (Å²) < 4.78 is 5.32. The molecule has 1 saturated heterocycles. The zero-order valence-corrected chi connectivity index (χ0v) is 11.4. The van der Waals surface area contributed by atoms with Crippen molar-refractivity contribution in [2.75, 3.05) is 31.2 Å². The average Bonchev–Trinajstić information content (AvgIpc) is 2.89. The second kappa shape index (κ2) is 6.04. The number of carbonyl (C=O) groups is 1. The van der Waals surface area contributed by atoms with Crippen LogP contribution in [0.15, 0.2) is 24.3 Å². The molecular formula is C14H21N3O2. The summed E-state index contributed by atoms with van der Waals surface area (Å²) in [4.78, 5) is 14.3. The highest BCUT2D eigenvalue weighted by Crippen LogP contribution is 2.19. The van der Waals surface area contributed by atoms with Crippen molar-refractivity contribution in [3.8, 4) is 0 Å². The van der Waals surface area contributed by atoms with Gasteiger partial charge in [0.2, 0.25) is 5.91 Å². The maximum Gasteiger partial charge on any atom is 0.241 e. The van der Waals surface area contributed by atoms with Crippen LogP contribution >= 0.6 is 0 Å². The Balaban J connectivity index is 1.95. The average molecular weight is 263 g/mol. The molecule has 1 amide bonds. The van der Waals surface area contributed by atoms with Gasteiger partial charge in [-0.15, -0.1) is 0 Å². The highest BCUT2D eigenvalue weighted by molar-refractivity contribution is 5.97. The van der Waals surface area contributed by atoms with Gasteiger partial charge in [0, 0.05) is 20.2 Å². The standard InChI is InChI=1S/C14H21N3O2/c1-10(17-8-7-11(9-17)19-2)14(18)16-13-6-4-3-5-12(13)15/h3-6,10-11H,7-9,15H2,1-2H3,(H,16,18). The molecule has 5 heteroatoms. The number of carbonyl (C=O) groups excluding carboxylic acids is 1. The van der Waals surface area contributed by atoms with Crippen LogP contribution in [0.25, 0.3) is 0 Å². The highest BCUT2D eigenvalue weighted by atomic mass is 16.5. The van der Waals surface area contributed by atoms with Crippen LogP contribution in [-0.2, 0) is 9.53 Å². The summed E-state index contributed by atoms with van der Waals surface area (Å²) >= 11 is 0. The van der Waals surface area contributed by atoms with Crippen molar-refractivity contribution in [3.05, 3.63) is 24.3 Å². The number of nitrogens with zero attached hydrogens (tertiary/aromatic N) is 1. The Kier molecular flexibility index (Phi) is 4.39. The zero-order valence-electron chi connectivity index (χ0n) is 11.4. The lowest BCUT2D eigenvalue weighted by Gasteiger charge is -2.23. The lowest BCUT2D eigenvalue weighted by Crippen LogP contribution is -2.41. The largest absolute Gasteiger partial charge is 0.397 e. The normalized spacial score (nSPS) is 21.3. The van der Waals surface area contributed by atoms with Crippen LogP contribution in [0.2, 0.25) is 0 Å². The second-order valence-electron chi connectivity index (χ2n) is 4.89. The topological polar surface area (TPSA) is 67.6 Å². The number of rotatable bonds is 4. The minimum atomic E-state index is -0.181. The van der Waals surface area contributed by atoms with E-state index in [0.29, 0.717) is 11.4 Å². The Morgan fingerprint density at radius 1 is 1.53 bits per heavy atom. The number of benzene rings is 1. The van der Waals surface area contributed by atoms with Crippen molar-refractivity contribution in [3.63, 3.8) is 0 Å². The maximum atomic E-state index is 12.2. The van der Waals surface area contributed by atoms with Gasteiger partial charge in [-0.2, -0.15) is 0 Å². The van der Waals surface area contributed by atoms with Crippen molar-refractivity contribution in [2.45, 2.75) is 25.5 Å². The number of likely N-dealkylation sites (tertiary alicyclic amines) is 1. The van der Waals surface area contributed by atoms with Crippen molar-refractivity contribution >= 4 is 17.3 Å². The maximum absolute atomic E-state index is 12.2. The summed E-state index contributed by atoms with van der Waals surface area (Å²) in [5.41, 5.74) is 7.07. The minimum absolute atomic E-state index is 0.0327. The van der Waals surface area contributed by atoms with Gasteiger partial charge in [-0.1, -0.05) is 12.1 Å². The predicted octanol–water partition coefficient (Wildman–Crippen LogP) is 1.32. The van der Waals surface area contributed by atoms with E-state index in [1.165, 1.54) is 0 Å². The van der Waals surface area contributed by atoms with Crippen LogP contribution in [0.1, 0.15) is 13.3 Å². The number of amides is 1. The van der Waals surface area contributed by atoms with Gasteiger partial charge in [0.25, 0.3) is 0 Å².